The minimum Gasteiger partial charge on any atom is -0.478 e. The van der Waals surface area contributed by atoms with Crippen LogP contribution in [0.5, 0.6) is 0 Å². The number of rotatable bonds is 1. The van der Waals surface area contributed by atoms with Gasteiger partial charge in [0.15, 0.2) is 0 Å². The fourth-order valence-corrected chi connectivity index (χ4v) is 1.38. The van der Waals surface area contributed by atoms with Gasteiger partial charge in [0.05, 0.1) is 5.56 Å². The van der Waals surface area contributed by atoms with E-state index in [1.807, 2.05) is 13.8 Å². The van der Waals surface area contributed by atoms with E-state index in [0.29, 0.717) is 5.56 Å². The van der Waals surface area contributed by atoms with E-state index in [4.69, 9.17) is 5.11 Å². The Morgan fingerprint density at radius 3 is 2.08 bits per heavy atom. The average molecular weight is 276 g/mol. The first kappa shape index (κ1) is 9.51. The van der Waals surface area contributed by atoms with Crippen LogP contribution in [-0.4, -0.2) is 11.1 Å². The monoisotopic (exact) mass is 276 g/mol. The molecule has 1 rings (SSSR count). The van der Waals surface area contributed by atoms with Gasteiger partial charge >= 0.3 is 5.97 Å². The lowest BCUT2D eigenvalue weighted by Crippen LogP contribution is -1.99. The Morgan fingerprint density at radius 1 is 1.33 bits per heavy atom. The van der Waals surface area contributed by atoms with E-state index in [1.54, 1.807) is 12.1 Å². The second-order valence-electron chi connectivity index (χ2n) is 2.73. The molecule has 3 heteroatoms. The van der Waals surface area contributed by atoms with E-state index in [0.717, 1.165) is 14.7 Å². The summed E-state index contributed by atoms with van der Waals surface area (Å²) in [5.74, 6) is -0.863. The molecule has 1 aromatic rings. The van der Waals surface area contributed by atoms with Gasteiger partial charge in [0.25, 0.3) is 0 Å². The molecule has 0 bridgehead atoms. The summed E-state index contributed by atoms with van der Waals surface area (Å²) in [6, 6.07) is 3.38. The Hall–Kier alpha value is -0.580. The number of carboxylic acids is 1. The lowest BCUT2D eigenvalue weighted by atomic mass is 10.1. The fourth-order valence-electron chi connectivity index (χ4n) is 1.07. The van der Waals surface area contributed by atoms with Crippen LogP contribution in [0.25, 0.3) is 0 Å². The van der Waals surface area contributed by atoms with Gasteiger partial charge in [-0.1, -0.05) is 0 Å². The highest BCUT2D eigenvalue weighted by Crippen LogP contribution is 2.18. The van der Waals surface area contributed by atoms with Crippen molar-refractivity contribution in [2.45, 2.75) is 13.8 Å². The van der Waals surface area contributed by atoms with Gasteiger partial charge in [0, 0.05) is 3.57 Å². The molecule has 0 heterocycles. The van der Waals surface area contributed by atoms with Crippen LogP contribution in [0.1, 0.15) is 21.5 Å². The lowest BCUT2D eigenvalue weighted by molar-refractivity contribution is 0.0696. The van der Waals surface area contributed by atoms with Gasteiger partial charge in [-0.3, -0.25) is 0 Å². The third-order valence-electron chi connectivity index (χ3n) is 1.68. The van der Waals surface area contributed by atoms with E-state index in [-0.39, 0.29) is 0 Å². The molecule has 0 aliphatic carbocycles. The summed E-state index contributed by atoms with van der Waals surface area (Å²) in [7, 11) is 0. The van der Waals surface area contributed by atoms with Crippen LogP contribution in [-0.2, 0) is 0 Å². The smallest absolute Gasteiger partial charge is 0.335 e. The number of hydrogen-bond acceptors (Lipinski definition) is 1. The Morgan fingerprint density at radius 2 is 1.75 bits per heavy atom. The summed E-state index contributed by atoms with van der Waals surface area (Å²) in [6.07, 6.45) is 0. The van der Waals surface area contributed by atoms with Crippen LogP contribution < -0.4 is 0 Å². The first-order chi connectivity index (χ1) is 5.52. The highest BCUT2D eigenvalue weighted by molar-refractivity contribution is 14.1. The maximum absolute atomic E-state index is 10.6. The molecule has 0 atom stereocenters. The van der Waals surface area contributed by atoms with Crippen LogP contribution in [0, 0.1) is 17.4 Å². The van der Waals surface area contributed by atoms with Crippen LogP contribution >= 0.6 is 22.6 Å². The van der Waals surface area contributed by atoms with Gasteiger partial charge in [-0.15, -0.1) is 0 Å². The average Bonchev–Trinajstić information content (AvgIpc) is 1.99. The molecule has 1 aromatic carbocycles. The van der Waals surface area contributed by atoms with E-state index in [1.165, 1.54) is 0 Å². The predicted octanol–water partition coefficient (Wildman–Crippen LogP) is 2.61. The van der Waals surface area contributed by atoms with Crippen molar-refractivity contribution >= 4 is 28.6 Å². The predicted molar refractivity (Wildman–Crippen MR) is 55.6 cm³/mol. The second kappa shape index (κ2) is 3.43. The number of benzene rings is 1. The summed E-state index contributed by atoms with van der Waals surface area (Å²) in [5, 5.41) is 8.72. The van der Waals surface area contributed by atoms with Crippen LogP contribution in [0.3, 0.4) is 0 Å². The molecule has 0 unspecified atom stereocenters. The molecular weight excluding hydrogens is 267 g/mol. The van der Waals surface area contributed by atoms with Crippen LogP contribution in [0.15, 0.2) is 12.1 Å². The van der Waals surface area contributed by atoms with Crippen molar-refractivity contribution in [3.63, 3.8) is 0 Å². The van der Waals surface area contributed by atoms with E-state index in [2.05, 4.69) is 22.6 Å². The minimum absolute atomic E-state index is 0.366. The zero-order chi connectivity index (χ0) is 9.30. The van der Waals surface area contributed by atoms with Crippen LogP contribution in [0.2, 0.25) is 0 Å². The molecule has 0 saturated heterocycles. The number of aryl methyl sites for hydroxylation is 2. The summed E-state index contributed by atoms with van der Waals surface area (Å²) >= 11 is 2.22. The van der Waals surface area contributed by atoms with Gasteiger partial charge < -0.3 is 5.11 Å². The number of carbonyl (C=O) groups is 1. The number of halogens is 1. The molecule has 64 valence electrons. The van der Waals surface area contributed by atoms with Crippen molar-refractivity contribution in [1.82, 2.24) is 0 Å². The van der Waals surface area contributed by atoms with Gasteiger partial charge in [-0.05, 0) is 59.7 Å². The van der Waals surface area contributed by atoms with E-state index in [9.17, 15) is 4.79 Å². The van der Waals surface area contributed by atoms with Crippen molar-refractivity contribution < 1.29 is 9.90 Å². The molecule has 0 amide bonds. The fraction of sp³-hybridized carbons (Fsp3) is 0.222. The summed E-state index contributed by atoms with van der Waals surface area (Å²) in [4.78, 5) is 10.6. The first-order valence-electron chi connectivity index (χ1n) is 3.52. The molecule has 0 saturated carbocycles. The Labute approximate surface area is 84.7 Å². The Kier molecular flexibility index (Phi) is 2.72. The maximum atomic E-state index is 10.6. The van der Waals surface area contributed by atoms with Crippen molar-refractivity contribution in [2.75, 3.05) is 0 Å². The summed E-state index contributed by atoms with van der Waals surface area (Å²) < 4.78 is 1.14. The highest BCUT2D eigenvalue weighted by atomic mass is 127. The Bertz CT molecular complexity index is 308. The van der Waals surface area contributed by atoms with Crippen molar-refractivity contribution in [1.29, 1.82) is 0 Å². The molecule has 0 aliphatic heterocycles. The SMILES string of the molecule is Cc1cc(C(=O)O)cc(C)c1I. The van der Waals surface area contributed by atoms with Gasteiger partial charge in [0.1, 0.15) is 0 Å². The number of aromatic carboxylic acids is 1. The highest BCUT2D eigenvalue weighted by Gasteiger charge is 2.06. The molecule has 1 N–H and O–H groups in total. The third-order valence-corrected chi connectivity index (χ3v) is 3.38. The third kappa shape index (κ3) is 1.77. The van der Waals surface area contributed by atoms with E-state index < -0.39 is 5.97 Å². The Balaban J connectivity index is 3.31. The van der Waals surface area contributed by atoms with Gasteiger partial charge in [0.2, 0.25) is 0 Å². The molecule has 12 heavy (non-hydrogen) atoms. The molecule has 0 fully saturated rings. The lowest BCUT2D eigenvalue weighted by Gasteiger charge is -2.03. The zero-order valence-electron chi connectivity index (χ0n) is 6.89. The van der Waals surface area contributed by atoms with Crippen molar-refractivity contribution in [3.8, 4) is 0 Å². The topological polar surface area (TPSA) is 37.3 Å². The number of carboxylic acid groups (broad SMARTS) is 1. The van der Waals surface area contributed by atoms with E-state index >= 15 is 0 Å². The molecule has 0 spiro atoms. The summed E-state index contributed by atoms with van der Waals surface area (Å²) in [6.45, 7) is 3.84. The summed E-state index contributed by atoms with van der Waals surface area (Å²) in [5.41, 5.74) is 2.41. The quantitative estimate of drug-likeness (QED) is 0.800. The standard InChI is InChI=1S/C9H9IO2/c1-5-3-7(9(11)12)4-6(2)8(5)10/h3-4H,1-2H3,(H,11,12). The largest absolute Gasteiger partial charge is 0.478 e. The van der Waals surface area contributed by atoms with Crippen LogP contribution in [0.4, 0.5) is 0 Å². The molecular formula is C9H9IO2. The normalized spacial score (nSPS) is 9.92. The molecule has 2 nitrogen and oxygen atoms in total. The molecule has 0 aliphatic rings. The zero-order valence-corrected chi connectivity index (χ0v) is 9.05. The second-order valence-corrected chi connectivity index (χ2v) is 3.81. The molecule has 0 aromatic heterocycles. The van der Waals surface area contributed by atoms with Gasteiger partial charge in [-0.2, -0.15) is 0 Å². The maximum Gasteiger partial charge on any atom is 0.335 e. The minimum atomic E-state index is -0.863. The van der Waals surface area contributed by atoms with Gasteiger partial charge in [-0.25, -0.2) is 4.79 Å². The first-order valence-corrected chi connectivity index (χ1v) is 4.60. The molecule has 0 radical (unpaired) electrons. The number of hydrogen-bond donors (Lipinski definition) is 1. The van der Waals surface area contributed by atoms with Crippen molar-refractivity contribution in [3.05, 3.63) is 32.4 Å². The van der Waals surface area contributed by atoms with Crippen molar-refractivity contribution in [2.24, 2.45) is 0 Å².